The van der Waals surface area contributed by atoms with Gasteiger partial charge in [-0.3, -0.25) is 0 Å². The molecule has 0 saturated heterocycles. The Labute approximate surface area is 93.8 Å². The lowest BCUT2D eigenvalue weighted by Gasteiger charge is -2.37. The van der Waals surface area contributed by atoms with Crippen molar-refractivity contribution in [3.05, 3.63) is 0 Å². The highest BCUT2D eigenvalue weighted by molar-refractivity contribution is 4.88. The van der Waals surface area contributed by atoms with Crippen LogP contribution in [0, 0.1) is 11.8 Å². The fraction of sp³-hybridized carbons (Fsp3) is 1.00. The number of hydrogen-bond donors (Lipinski definition) is 2. The van der Waals surface area contributed by atoms with Gasteiger partial charge in [0.05, 0.1) is 0 Å². The predicted molar refractivity (Wildman–Crippen MR) is 64.5 cm³/mol. The first-order chi connectivity index (χ1) is 7.27. The van der Waals surface area contributed by atoms with Crippen molar-refractivity contribution in [1.82, 2.24) is 0 Å². The molecule has 2 fully saturated rings. The summed E-state index contributed by atoms with van der Waals surface area (Å²) in [5.74, 6) is 1.54. The average molecular weight is 210 g/mol. The highest BCUT2D eigenvalue weighted by atomic mass is 14.8. The fourth-order valence-corrected chi connectivity index (χ4v) is 3.49. The van der Waals surface area contributed by atoms with Gasteiger partial charge in [0.1, 0.15) is 0 Å². The van der Waals surface area contributed by atoms with Crippen LogP contribution < -0.4 is 11.5 Å². The summed E-state index contributed by atoms with van der Waals surface area (Å²) in [5.41, 5.74) is 12.4. The van der Waals surface area contributed by atoms with Crippen LogP contribution in [0.4, 0.5) is 0 Å². The van der Waals surface area contributed by atoms with Crippen LogP contribution in [-0.4, -0.2) is 12.1 Å². The van der Waals surface area contributed by atoms with Gasteiger partial charge in [-0.1, -0.05) is 38.5 Å². The van der Waals surface area contributed by atoms with Crippen molar-refractivity contribution < 1.29 is 0 Å². The molecule has 88 valence electrons. The van der Waals surface area contributed by atoms with E-state index in [1.165, 1.54) is 57.8 Å². The molecule has 2 unspecified atom stereocenters. The molecule has 0 aromatic heterocycles. The molecule has 0 aromatic rings. The molecule has 4 N–H and O–H groups in total. The average Bonchev–Trinajstić information content (AvgIpc) is 2.25. The van der Waals surface area contributed by atoms with Gasteiger partial charge in [0.2, 0.25) is 0 Å². The molecule has 2 aliphatic rings. The zero-order chi connectivity index (χ0) is 10.7. The Bertz CT molecular complexity index is 177. The third-order valence-corrected chi connectivity index (χ3v) is 4.51. The lowest BCUT2D eigenvalue weighted by atomic mass is 9.73. The smallest absolute Gasteiger partial charge is 0.00820 e. The summed E-state index contributed by atoms with van der Waals surface area (Å²) in [6, 6.07) is 0.770. The number of rotatable bonds is 2. The first kappa shape index (κ1) is 11.4. The summed E-state index contributed by atoms with van der Waals surface area (Å²) in [5, 5.41) is 0. The lowest BCUT2D eigenvalue weighted by molar-refractivity contribution is 0.196. The quantitative estimate of drug-likeness (QED) is 0.735. The van der Waals surface area contributed by atoms with Gasteiger partial charge in [0.25, 0.3) is 0 Å². The van der Waals surface area contributed by atoms with E-state index in [4.69, 9.17) is 11.5 Å². The molecule has 2 heteroatoms. The van der Waals surface area contributed by atoms with Crippen LogP contribution >= 0.6 is 0 Å². The van der Waals surface area contributed by atoms with Crippen LogP contribution in [0.1, 0.15) is 57.8 Å². The molecule has 2 saturated carbocycles. The highest BCUT2D eigenvalue weighted by Crippen LogP contribution is 2.34. The highest BCUT2D eigenvalue weighted by Gasteiger charge is 2.30. The monoisotopic (exact) mass is 210 g/mol. The standard InChI is InChI=1S/C13H26N2/c14-12-7-4-8-13(15)11(12)9-10-5-2-1-3-6-10/h10-13H,1-9,14-15H2. The lowest BCUT2D eigenvalue weighted by Crippen LogP contribution is -2.46. The Kier molecular flexibility index (Phi) is 4.04. The van der Waals surface area contributed by atoms with Crippen LogP contribution in [0.2, 0.25) is 0 Å². The SMILES string of the molecule is NC1CCCC(N)C1CC1CCCCC1. The van der Waals surface area contributed by atoms with Crippen LogP contribution in [0.5, 0.6) is 0 Å². The molecule has 0 aliphatic heterocycles. The molecule has 0 bridgehead atoms. The van der Waals surface area contributed by atoms with Gasteiger partial charge < -0.3 is 11.5 Å². The first-order valence-corrected chi connectivity index (χ1v) is 6.78. The van der Waals surface area contributed by atoms with E-state index in [0.717, 1.165) is 5.92 Å². The Morgan fingerprint density at radius 3 is 1.93 bits per heavy atom. The van der Waals surface area contributed by atoms with E-state index in [2.05, 4.69) is 0 Å². The molecular formula is C13H26N2. The van der Waals surface area contributed by atoms with Crippen molar-refractivity contribution in [2.24, 2.45) is 23.3 Å². The minimum absolute atomic E-state index is 0.385. The molecule has 2 atom stereocenters. The fourth-order valence-electron chi connectivity index (χ4n) is 3.49. The van der Waals surface area contributed by atoms with Crippen molar-refractivity contribution in [3.63, 3.8) is 0 Å². The van der Waals surface area contributed by atoms with E-state index in [-0.39, 0.29) is 0 Å². The normalized spacial score (nSPS) is 39.2. The van der Waals surface area contributed by atoms with Gasteiger partial charge in [-0.15, -0.1) is 0 Å². The Hall–Kier alpha value is -0.0800. The summed E-state index contributed by atoms with van der Waals surface area (Å²) in [6.45, 7) is 0. The zero-order valence-electron chi connectivity index (χ0n) is 9.83. The molecule has 15 heavy (non-hydrogen) atoms. The number of nitrogens with two attached hydrogens (primary N) is 2. The van der Waals surface area contributed by atoms with Gasteiger partial charge in [-0.2, -0.15) is 0 Å². The topological polar surface area (TPSA) is 52.0 Å². The molecule has 2 nitrogen and oxygen atoms in total. The third kappa shape index (κ3) is 2.94. The summed E-state index contributed by atoms with van der Waals surface area (Å²) in [4.78, 5) is 0. The predicted octanol–water partition coefficient (Wildman–Crippen LogP) is 2.41. The molecule has 0 radical (unpaired) electrons. The molecule has 0 aromatic carbocycles. The van der Waals surface area contributed by atoms with Crippen molar-refractivity contribution in [3.8, 4) is 0 Å². The summed E-state index contributed by atoms with van der Waals surface area (Å²) in [6.07, 6.45) is 12.1. The summed E-state index contributed by atoms with van der Waals surface area (Å²) >= 11 is 0. The molecular weight excluding hydrogens is 184 g/mol. The Morgan fingerprint density at radius 2 is 1.33 bits per heavy atom. The molecule has 0 amide bonds. The van der Waals surface area contributed by atoms with Crippen LogP contribution in [0.15, 0.2) is 0 Å². The van der Waals surface area contributed by atoms with E-state index >= 15 is 0 Å². The number of hydrogen-bond acceptors (Lipinski definition) is 2. The van der Waals surface area contributed by atoms with Crippen molar-refractivity contribution in [2.75, 3.05) is 0 Å². The summed E-state index contributed by atoms with van der Waals surface area (Å²) < 4.78 is 0. The van der Waals surface area contributed by atoms with Gasteiger partial charge in [0.15, 0.2) is 0 Å². The minimum Gasteiger partial charge on any atom is -0.327 e. The third-order valence-electron chi connectivity index (χ3n) is 4.51. The minimum atomic E-state index is 0.385. The zero-order valence-corrected chi connectivity index (χ0v) is 9.83. The second-order valence-electron chi connectivity index (χ2n) is 5.66. The van der Waals surface area contributed by atoms with Crippen LogP contribution in [-0.2, 0) is 0 Å². The van der Waals surface area contributed by atoms with E-state index in [0.29, 0.717) is 18.0 Å². The second kappa shape index (κ2) is 5.31. The first-order valence-electron chi connectivity index (χ1n) is 6.78. The second-order valence-corrected chi connectivity index (χ2v) is 5.66. The Morgan fingerprint density at radius 1 is 0.733 bits per heavy atom. The Balaban J connectivity index is 1.84. The van der Waals surface area contributed by atoms with Crippen LogP contribution in [0.3, 0.4) is 0 Å². The van der Waals surface area contributed by atoms with Crippen LogP contribution in [0.25, 0.3) is 0 Å². The maximum atomic E-state index is 6.21. The van der Waals surface area contributed by atoms with Crippen molar-refractivity contribution >= 4 is 0 Å². The maximum Gasteiger partial charge on any atom is 0.00820 e. The molecule has 2 aliphatic carbocycles. The molecule has 2 rings (SSSR count). The maximum absolute atomic E-state index is 6.21. The van der Waals surface area contributed by atoms with E-state index in [1.807, 2.05) is 0 Å². The van der Waals surface area contributed by atoms with Gasteiger partial charge >= 0.3 is 0 Å². The van der Waals surface area contributed by atoms with Crippen molar-refractivity contribution in [1.29, 1.82) is 0 Å². The largest absolute Gasteiger partial charge is 0.327 e. The molecule has 0 spiro atoms. The van der Waals surface area contributed by atoms with E-state index < -0.39 is 0 Å². The van der Waals surface area contributed by atoms with Gasteiger partial charge in [-0.25, -0.2) is 0 Å². The van der Waals surface area contributed by atoms with Gasteiger partial charge in [0, 0.05) is 12.1 Å². The summed E-state index contributed by atoms with van der Waals surface area (Å²) in [7, 11) is 0. The van der Waals surface area contributed by atoms with Gasteiger partial charge in [-0.05, 0) is 31.1 Å². The van der Waals surface area contributed by atoms with Crippen molar-refractivity contribution in [2.45, 2.75) is 69.9 Å². The van der Waals surface area contributed by atoms with E-state index in [9.17, 15) is 0 Å². The molecule has 0 heterocycles. The van der Waals surface area contributed by atoms with E-state index in [1.54, 1.807) is 0 Å².